The van der Waals surface area contributed by atoms with Gasteiger partial charge in [0.15, 0.2) is 5.83 Å². The Kier molecular flexibility index (Phi) is 6.40. The number of hydrogen-bond donors (Lipinski definition) is 0. The Morgan fingerprint density at radius 3 is 2.41 bits per heavy atom. The van der Waals surface area contributed by atoms with E-state index in [1.807, 2.05) is 32.4 Å². The molecule has 0 saturated heterocycles. The van der Waals surface area contributed by atoms with E-state index in [-0.39, 0.29) is 12.3 Å². The summed E-state index contributed by atoms with van der Waals surface area (Å²) >= 11 is 0. The summed E-state index contributed by atoms with van der Waals surface area (Å²) in [4.78, 5) is 0. The lowest BCUT2D eigenvalue weighted by Gasteiger charge is -2.26. The Balaban J connectivity index is 1.95. The van der Waals surface area contributed by atoms with Crippen LogP contribution in [0.2, 0.25) is 0 Å². The first kappa shape index (κ1) is 17.4. The molecule has 2 rings (SSSR count). The molecule has 0 unspecified atom stereocenters. The summed E-state index contributed by atoms with van der Waals surface area (Å²) in [5.74, 6) is 0.538. The molecule has 0 atom stereocenters. The van der Waals surface area contributed by atoms with Crippen LogP contribution in [0.5, 0.6) is 0 Å². The van der Waals surface area contributed by atoms with E-state index in [0.29, 0.717) is 17.9 Å². The molecule has 0 aromatic carbocycles. The van der Waals surface area contributed by atoms with Gasteiger partial charge in [-0.25, -0.2) is 8.78 Å². The maximum absolute atomic E-state index is 14.4. The average Bonchev–Trinajstić information content (AvgIpc) is 3.28. The van der Waals surface area contributed by atoms with Gasteiger partial charge in [0, 0.05) is 12.8 Å². The van der Waals surface area contributed by atoms with Crippen LogP contribution in [-0.4, -0.2) is 0 Å². The van der Waals surface area contributed by atoms with Crippen molar-refractivity contribution in [2.45, 2.75) is 65.7 Å². The van der Waals surface area contributed by atoms with Crippen molar-refractivity contribution in [1.29, 1.82) is 0 Å². The molecule has 0 nitrogen and oxygen atoms in total. The maximum atomic E-state index is 14.4. The highest BCUT2D eigenvalue weighted by Gasteiger charge is 2.21. The SMILES string of the molecule is CC(C)/C=C(CCC1CCC(C)CC1)\C(F)=C(\F)CC1=C[CH]1. The molecule has 0 spiro atoms. The Morgan fingerprint density at radius 1 is 1.23 bits per heavy atom. The monoisotopic (exact) mass is 307 g/mol. The first-order valence-electron chi connectivity index (χ1n) is 8.74. The van der Waals surface area contributed by atoms with Gasteiger partial charge in [0.05, 0.1) is 0 Å². The third-order valence-corrected chi connectivity index (χ3v) is 4.77. The fraction of sp³-hybridized carbons (Fsp3) is 0.650. The van der Waals surface area contributed by atoms with Crippen LogP contribution in [-0.2, 0) is 0 Å². The Morgan fingerprint density at radius 2 is 1.86 bits per heavy atom. The van der Waals surface area contributed by atoms with E-state index in [9.17, 15) is 8.78 Å². The fourth-order valence-electron chi connectivity index (χ4n) is 3.25. The summed E-state index contributed by atoms with van der Waals surface area (Å²) in [6.07, 6.45) is 12.4. The van der Waals surface area contributed by atoms with E-state index in [4.69, 9.17) is 0 Å². The number of hydrogen-bond acceptors (Lipinski definition) is 0. The van der Waals surface area contributed by atoms with Crippen molar-refractivity contribution < 1.29 is 8.78 Å². The Bertz CT molecular complexity index is 460. The highest BCUT2D eigenvalue weighted by Crippen LogP contribution is 2.35. The molecule has 22 heavy (non-hydrogen) atoms. The van der Waals surface area contributed by atoms with E-state index >= 15 is 0 Å². The predicted molar refractivity (Wildman–Crippen MR) is 89.5 cm³/mol. The van der Waals surface area contributed by atoms with Gasteiger partial charge in [-0.3, -0.25) is 0 Å². The number of rotatable bonds is 7. The summed E-state index contributed by atoms with van der Waals surface area (Å²) in [6.45, 7) is 6.34. The van der Waals surface area contributed by atoms with Gasteiger partial charge >= 0.3 is 0 Å². The van der Waals surface area contributed by atoms with Crippen molar-refractivity contribution in [2.24, 2.45) is 17.8 Å². The normalized spacial score (nSPS) is 26.8. The van der Waals surface area contributed by atoms with Gasteiger partial charge < -0.3 is 0 Å². The number of allylic oxidation sites excluding steroid dienone is 6. The Hall–Kier alpha value is -0.920. The average molecular weight is 307 g/mol. The first-order valence-corrected chi connectivity index (χ1v) is 8.74. The lowest BCUT2D eigenvalue weighted by Crippen LogP contribution is -2.12. The van der Waals surface area contributed by atoms with Gasteiger partial charge in [0.1, 0.15) is 5.83 Å². The second-order valence-electron chi connectivity index (χ2n) is 7.40. The van der Waals surface area contributed by atoms with E-state index in [2.05, 4.69) is 6.92 Å². The van der Waals surface area contributed by atoms with Crippen LogP contribution in [0.3, 0.4) is 0 Å². The van der Waals surface area contributed by atoms with Crippen LogP contribution in [0.25, 0.3) is 0 Å². The van der Waals surface area contributed by atoms with Gasteiger partial charge in [-0.05, 0) is 36.2 Å². The quantitative estimate of drug-likeness (QED) is 0.451. The van der Waals surface area contributed by atoms with E-state index < -0.39 is 11.7 Å². The molecule has 1 saturated carbocycles. The van der Waals surface area contributed by atoms with Gasteiger partial charge in [0.2, 0.25) is 0 Å². The second-order valence-corrected chi connectivity index (χ2v) is 7.40. The summed E-state index contributed by atoms with van der Waals surface area (Å²) in [6, 6.07) is 0. The van der Waals surface area contributed by atoms with E-state index in [0.717, 1.165) is 17.9 Å². The zero-order valence-corrected chi connectivity index (χ0v) is 14.2. The standard InChI is InChI=1S/C20H29F2/c1-14(2)12-18(20(22)19(21)13-17-8-9-17)11-10-16-6-4-15(3)5-7-16/h8-9,12,14-16H,4-7,10-11,13H2,1-3H3/b18-12-,20-19-. The molecular formula is C20H29F2. The van der Waals surface area contributed by atoms with Gasteiger partial charge in [-0.2, -0.15) is 0 Å². The zero-order valence-electron chi connectivity index (χ0n) is 14.2. The summed E-state index contributed by atoms with van der Waals surface area (Å²) in [5.41, 5.74) is 1.48. The predicted octanol–water partition coefficient (Wildman–Crippen LogP) is 6.86. The second kappa shape index (κ2) is 8.08. The number of halogens is 2. The molecule has 1 fully saturated rings. The minimum absolute atomic E-state index is 0.113. The van der Waals surface area contributed by atoms with Crippen molar-refractivity contribution in [3.63, 3.8) is 0 Å². The molecule has 0 aliphatic heterocycles. The molecule has 0 aromatic heterocycles. The molecule has 0 N–H and O–H groups in total. The van der Waals surface area contributed by atoms with Crippen LogP contribution >= 0.6 is 0 Å². The largest absolute Gasteiger partial charge is 0.208 e. The van der Waals surface area contributed by atoms with Crippen molar-refractivity contribution >= 4 is 0 Å². The molecule has 0 aromatic rings. The van der Waals surface area contributed by atoms with Crippen molar-refractivity contribution in [1.82, 2.24) is 0 Å². The van der Waals surface area contributed by atoms with Crippen LogP contribution in [0.1, 0.15) is 65.7 Å². The highest BCUT2D eigenvalue weighted by molar-refractivity contribution is 5.42. The first-order chi connectivity index (χ1) is 10.5. The van der Waals surface area contributed by atoms with Crippen molar-refractivity contribution in [3.05, 3.63) is 41.4 Å². The molecule has 2 heteroatoms. The molecule has 2 aliphatic rings. The molecule has 0 bridgehead atoms. The van der Waals surface area contributed by atoms with Crippen LogP contribution in [0, 0.1) is 24.2 Å². The van der Waals surface area contributed by atoms with Gasteiger partial charge in [-0.1, -0.05) is 64.2 Å². The summed E-state index contributed by atoms with van der Waals surface area (Å²) in [5, 5.41) is 0. The molecule has 1 radical (unpaired) electrons. The topological polar surface area (TPSA) is 0 Å². The molecule has 2 aliphatic carbocycles. The van der Waals surface area contributed by atoms with Crippen LogP contribution in [0.4, 0.5) is 8.78 Å². The van der Waals surface area contributed by atoms with Crippen molar-refractivity contribution in [2.75, 3.05) is 0 Å². The van der Waals surface area contributed by atoms with Gasteiger partial charge in [-0.15, -0.1) is 0 Å². The lowest BCUT2D eigenvalue weighted by molar-refractivity contribution is 0.277. The molecular weight excluding hydrogens is 278 g/mol. The van der Waals surface area contributed by atoms with Crippen LogP contribution < -0.4 is 0 Å². The minimum atomic E-state index is -0.612. The smallest absolute Gasteiger partial charge is 0.157 e. The summed E-state index contributed by atoms with van der Waals surface area (Å²) in [7, 11) is 0. The third-order valence-electron chi connectivity index (χ3n) is 4.77. The molecule has 0 heterocycles. The van der Waals surface area contributed by atoms with E-state index in [1.54, 1.807) is 0 Å². The Labute approximate surface area is 134 Å². The van der Waals surface area contributed by atoms with Crippen LogP contribution in [0.15, 0.2) is 35.0 Å². The van der Waals surface area contributed by atoms with E-state index in [1.165, 1.54) is 25.7 Å². The molecule has 123 valence electrons. The fourth-order valence-corrected chi connectivity index (χ4v) is 3.25. The minimum Gasteiger partial charge on any atom is -0.208 e. The summed E-state index contributed by atoms with van der Waals surface area (Å²) < 4.78 is 28.4. The zero-order chi connectivity index (χ0) is 16.1. The highest BCUT2D eigenvalue weighted by atomic mass is 19.2. The maximum Gasteiger partial charge on any atom is 0.157 e. The van der Waals surface area contributed by atoms with Crippen molar-refractivity contribution in [3.8, 4) is 0 Å². The third kappa shape index (κ3) is 5.70. The lowest BCUT2D eigenvalue weighted by atomic mass is 9.80. The molecule has 0 amide bonds. The van der Waals surface area contributed by atoms with Gasteiger partial charge in [0.25, 0.3) is 0 Å².